The Balaban J connectivity index is 2.15. The van der Waals surface area contributed by atoms with Crippen molar-refractivity contribution in [1.29, 1.82) is 0 Å². The summed E-state index contributed by atoms with van der Waals surface area (Å²) >= 11 is 0. The highest BCUT2D eigenvalue weighted by Crippen LogP contribution is 2.41. The van der Waals surface area contributed by atoms with Gasteiger partial charge in [0.15, 0.2) is 11.5 Å². The van der Waals surface area contributed by atoms with E-state index in [0.29, 0.717) is 23.9 Å². The highest BCUT2D eigenvalue weighted by Gasteiger charge is 2.42. The van der Waals surface area contributed by atoms with Gasteiger partial charge in [-0.25, -0.2) is 0 Å². The van der Waals surface area contributed by atoms with Crippen LogP contribution in [-0.2, 0) is 4.74 Å². The summed E-state index contributed by atoms with van der Waals surface area (Å²) in [6.07, 6.45) is 1.61. The molecule has 0 bridgehead atoms. The lowest BCUT2D eigenvalue weighted by Gasteiger charge is -2.42. The van der Waals surface area contributed by atoms with Gasteiger partial charge in [-0.3, -0.25) is 0 Å². The number of aryl methyl sites for hydroxylation is 1. The molecule has 0 heterocycles. The maximum Gasteiger partial charge on any atom is 0.203 e. The van der Waals surface area contributed by atoms with Gasteiger partial charge in [-0.05, 0) is 31.0 Å². The van der Waals surface area contributed by atoms with E-state index < -0.39 is 0 Å². The number of methoxy groups -OCH3 is 2. The Morgan fingerprint density at radius 1 is 1.19 bits per heavy atom. The Bertz CT molecular complexity index is 452. The molecule has 0 saturated heterocycles. The lowest BCUT2D eigenvalue weighted by Crippen LogP contribution is -2.59. The van der Waals surface area contributed by atoms with E-state index in [0.717, 1.165) is 18.4 Å². The predicted molar refractivity (Wildman–Crippen MR) is 81.3 cm³/mol. The van der Waals surface area contributed by atoms with Gasteiger partial charge in [0.05, 0.1) is 14.2 Å². The topological polar surface area (TPSA) is 62.9 Å². The third-order valence-electron chi connectivity index (χ3n) is 3.68. The number of hydrogen-bond donors (Lipinski definition) is 1. The molecule has 1 fully saturated rings. The molecule has 5 nitrogen and oxygen atoms in total. The summed E-state index contributed by atoms with van der Waals surface area (Å²) in [6.45, 7) is 4.76. The number of ether oxygens (including phenoxy) is 4. The Morgan fingerprint density at radius 2 is 1.81 bits per heavy atom. The van der Waals surface area contributed by atoms with Crippen LogP contribution in [0.15, 0.2) is 12.1 Å². The summed E-state index contributed by atoms with van der Waals surface area (Å²) in [7, 11) is 3.25. The Morgan fingerprint density at radius 3 is 2.29 bits per heavy atom. The van der Waals surface area contributed by atoms with E-state index in [2.05, 4.69) is 6.92 Å². The zero-order chi connectivity index (χ0) is 15.4. The second-order valence-corrected chi connectivity index (χ2v) is 5.39. The Kier molecular flexibility index (Phi) is 5.31. The molecule has 3 atom stereocenters. The summed E-state index contributed by atoms with van der Waals surface area (Å²) in [5, 5.41) is 0. The smallest absolute Gasteiger partial charge is 0.203 e. The summed E-state index contributed by atoms with van der Waals surface area (Å²) < 4.78 is 22.6. The van der Waals surface area contributed by atoms with Crippen molar-refractivity contribution in [3.05, 3.63) is 17.7 Å². The minimum Gasteiger partial charge on any atom is -0.493 e. The van der Waals surface area contributed by atoms with E-state index in [1.54, 1.807) is 14.2 Å². The summed E-state index contributed by atoms with van der Waals surface area (Å²) in [5.74, 6) is 1.95. The SMILES string of the molecule is CCCOC1C(N)CC1Oc1c(OC)cc(C)cc1OC. The first-order valence-corrected chi connectivity index (χ1v) is 7.37. The average Bonchev–Trinajstić information content (AvgIpc) is 2.47. The van der Waals surface area contributed by atoms with Crippen molar-refractivity contribution in [2.24, 2.45) is 5.73 Å². The van der Waals surface area contributed by atoms with Gasteiger partial charge in [0, 0.05) is 19.1 Å². The van der Waals surface area contributed by atoms with E-state index >= 15 is 0 Å². The number of nitrogens with two attached hydrogens (primary N) is 1. The lowest BCUT2D eigenvalue weighted by molar-refractivity contribution is -0.0990. The molecule has 1 aromatic carbocycles. The molecule has 3 unspecified atom stereocenters. The first kappa shape index (κ1) is 15.9. The standard InChI is InChI=1S/C16H25NO4/c1-5-6-20-15-11(17)9-14(15)21-16-12(18-3)7-10(2)8-13(16)19-4/h7-8,11,14-15H,5-6,9,17H2,1-4H3. The van der Waals surface area contributed by atoms with E-state index in [1.165, 1.54) is 0 Å². The van der Waals surface area contributed by atoms with E-state index in [9.17, 15) is 0 Å². The predicted octanol–water partition coefficient (Wildman–Crippen LogP) is 2.29. The van der Waals surface area contributed by atoms with Crippen LogP contribution in [-0.4, -0.2) is 39.1 Å². The van der Waals surface area contributed by atoms with Gasteiger partial charge in [-0.15, -0.1) is 0 Å². The molecular weight excluding hydrogens is 270 g/mol. The van der Waals surface area contributed by atoms with Crippen molar-refractivity contribution < 1.29 is 18.9 Å². The van der Waals surface area contributed by atoms with Gasteiger partial charge in [0.1, 0.15) is 12.2 Å². The molecule has 1 aliphatic carbocycles. The van der Waals surface area contributed by atoms with E-state index in [1.807, 2.05) is 19.1 Å². The zero-order valence-corrected chi connectivity index (χ0v) is 13.2. The first-order valence-electron chi connectivity index (χ1n) is 7.37. The van der Waals surface area contributed by atoms with Crippen molar-refractivity contribution in [2.45, 2.75) is 44.9 Å². The van der Waals surface area contributed by atoms with Crippen molar-refractivity contribution in [2.75, 3.05) is 20.8 Å². The minimum absolute atomic E-state index is 0.0315. The largest absolute Gasteiger partial charge is 0.493 e. The van der Waals surface area contributed by atoms with E-state index in [4.69, 9.17) is 24.7 Å². The van der Waals surface area contributed by atoms with Crippen LogP contribution in [0, 0.1) is 6.92 Å². The van der Waals surface area contributed by atoms with Gasteiger partial charge in [0.25, 0.3) is 0 Å². The van der Waals surface area contributed by atoms with Crippen LogP contribution in [0.1, 0.15) is 25.3 Å². The fourth-order valence-corrected chi connectivity index (χ4v) is 2.49. The van der Waals surface area contributed by atoms with Gasteiger partial charge in [0.2, 0.25) is 5.75 Å². The second kappa shape index (κ2) is 7.00. The lowest BCUT2D eigenvalue weighted by atomic mass is 9.86. The highest BCUT2D eigenvalue weighted by molar-refractivity contribution is 5.53. The van der Waals surface area contributed by atoms with Crippen molar-refractivity contribution in [3.63, 3.8) is 0 Å². The number of rotatable bonds is 7. The molecule has 0 aliphatic heterocycles. The van der Waals surface area contributed by atoms with Crippen LogP contribution in [0.3, 0.4) is 0 Å². The molecule has 0 radical (unpaired) electrons. The maximum absolute atomic E-state index is 6.07. The fraction of sp³-hybridized carbons (Fsp3) is 0.625. The van der Waals surface area contributed by atoms with Crippen LogP contribution in [0.4, 0.5) is 0 Å². The maximum atomic E-state index is 6.07. The summed E-state index contributed by atoms with van der Waals surface area (Å²) in [6, 6.07) is 3.89. The normalized spacial score (nSPS) is 24.3. The van der Waals surface area contributed by atoms with Crippen LogP contribution in [0.25, 0.3) is 0 Å². The minimum atomic E-state index is -0.0688. The van der Waals surface area contributed by atoms with Gasteiger partial charge < -0.3 is 24.7 Å². The molecule has 0 spiro atoms. The highest BCUT2D eigenvalue weighted by atomic mass is 16.6. The molecule has 2 rings (SSSR count). The summed E-state index contributed by atoms with van der Waals surface area (Å²) in [5.41, 5.74) is 7.06. The number of hydrogen-bond acceptors (Lipinski definition) is 5. The van der Waals surface area contributed by atoms with Crippen LogP contribution >= 0.6 is 0 Å². The molecule has 1 aliphatic rings. The van der Waals surface area contributed by atoms with Crippen LogP contribution in [0.2, 0.25) is 0 Å². The molecule has 5 heteroatoms. The molecule has 118 valence electrons. The van der Waals surface area contributed by atoms with Gasteiger partial charge >= 0.3 is 0 Å². The van der Waals surface area contributed by atoms with Crippen molar-refractivity contribution >= 4 is 0 Å². The zero-order valence-electron chi connectivity index (χ0n) is 13.2. The molecular formula is C16H25NO4. The molecule has 1 saturated carbocycles. The molecule has 0 aromatic heterocycles. The Hall–Kier alpha value is -1.46. The average molecular weight is 295 g/mol. The quantitative estimate of drug-likeness (QED) is 0.836. The van der Waals surface area contributed by atoms with E-state index in [-0.39, 0.29) is 18.2 Å². The van der Waals surface area contributed by atoms with Crippen molar-refractivity contribution in [3.8, 4) is 17.2 Å². The van der Waals surface area contributed by atoms with Crippen molar-refractivity contribution in [1.82, 2.24) is 0 Å². The molecule has 1 aromatic rings. The third-order valence-corrected chi connectivity index (χ3v) is 3.68. The third kappa shape index (κ3) is 3.41. The second-order valence-electron chi connectivity index (χ2n) is 5.39. The summed E-state index contributed by atoms with van der Waals surface area (Å²) in [4.78, 5) is 0. The van der Waals surface area contributed by atoms with Crippen LogP contribution in [0.5, 0.6) is 17.2 Å². The molecule has 21 heavy (non-hydrogen) atoms. The van der Waals surface area contributed by atoms with Gasteiger partial charge in [-0.1, -0.05) is 6.92 Å². The monoisotopic (exact) mass is 295 g/mol. The molecule has 2 N–H and O–H groups in total. The van der Waals surface area contributed by atoms with Crippen LogP contribution < -0.4 is 19.9 Å². The fourth-order valence-electron chi connectivity index (χ4n) is 2.49. The Labute approximate surface area is 126 Å². The number of benzene rings is 1. The molecule has 0 amide bonds. The van der Waals surface area contributed by atoms with Gasteiger partial charge in [-0.2, -0.15) is 0 Å². The first-order chi connectivity index (χ1) is 10.1.